The minimum Gasteiger partial charge on any atom is -0.270 e. The molecule has 0 saturated heterocycles. The molecular weight excluding hydrogens is 323 g/mol. The molecule has 2 amide bonds. The Morgan fingerprint density at radius 1 is 1.00 bits per heavy atom. The van der Waals surface area contributed by atoms with E-state index < -0.39 is 11.8 Å². The van der Waals surface area contributed by atoms with E-state index in [-0.39, 0.29) is 27.7 Å². The van der Waals surface area contributed by atoms with Crippen LogP contribution in [0.4, 0.5) is 0 Å². The van der Waals surface area contributed by atoms with Gasteiger partial charge in [-0.05, 0) is 29.8 Å². The number of fused-ring (bicyclic) bond motifs is 1. The van der Waals surface area contributed by atoms with Crippen molar-refractivity contribution in [3.8, 4) is 6.07 Å². The monoisotopic (exact) mass is 330 g/mol. The molecule has 22 heavy (non-hydrogen) atoms. The SMILES string of the molecule is N#Cc1cccc(CN2C(=O)c3cc(Cl)c(Cl)cc3C2=O)c1. The number of amides is 2. The first-order valence-corrected chi connectivity index (χ1v) is 7.11. The molecule has 0 N–H and O–H groups in total. The van der Waals surface area contributed by atoms with Gasteiger partial charge in [0, 0.05) is 0 Å². The molecule has 6 heteroatoms. The number of hydrogen-bond acceptors (Lipinski definition) is 3. The predicted molar refractivity (Wildman–Crippen MR) is 81.8 cm³/mol. The Labute approximate surface area is 136 Å². The van der Waals surface area contributed by atoms with Crippen molar-refractivity contribution in [3.05, 3.63) is 68.7 Å². The van der Waals surface area contributed by atoms with E-state index in [4.69, 9.17) is 28.5 Å². The highest BCUT2D eigenvalue weighted by Gasteiger charge is 2.36. The van der Waals surface area contributed by atoms with E-state index in [0.717, 1.165) is 4.90 Å². The zero-order chi connectivity index (χ0) is 15.9. The van der Waals surface area contributed by atoms with Crippen LogP contribution < -0.4 is 0 Å². The lowest BCUT2D eigenvalue weighted by Crippen LogP contribution is -2.29. The number of nitriles is 1. The number of carbonyl (C=O) groups is 2. The minimum atomic E-state index is -0.416. The van der Waals surface area contributed by atoms with Crippen molar-refractivity contribution < 1.29 is 9.59 Å². The molecule has 0 aromatic heterocycles. The maximum atomic E-state index is 12.4. The van der Waals surface area contributed by atoms with E-state index in [0.29, 0.717) is 11.1 Å². The van der Waals surface area contributed by atoms with Gasteiger partial charge in [0.15, 0.2) is 0 Å². The van der Waals surface area contributed by atoms with Gasteiger partial charge in [-0.2, -0.15) is 5.26 Å². The molecule has 0 aliphatic carbocycles. The van der Waals surface area contributed by atoms with Crippen LogP contribution in [0.2, 0.25) is 10.0 Å². The summed E-state index contributed by atoms with van der Waals surface area (Å²) in [5.74, 6) is -0.832. The lowest BCUT2D eigenvalue weighted by molar-refractivity contribution is 0.0642. The lowest BCUT2D eigenvalue weighted by atomic mass is 10.1. The van der Waals surface area contributed by atoms with Gasteiger partial charge < -0.3 is 0 Å². The molecule has 1 aliphatic rings. The Morgan fingerprint density at radius 2 is 1.59 bits per heavy atom. The van der Waals surface area contributed by atoms with Crippen LogP contribution in [0.25, 0.3) is 0 Å². The molecule has 108 valence electrons. The Morgan fingerprint density at radius 3 is 2.14 bits per heavy atom. The predicted octanol–water partition coefficient (Wildman–Crippen LogP) is 3.66. The summed E-state index contributed by atoms with van der Waals surface area (Å²) in [6, 6.07) is 11.6. The highest BCUT2D eigenvalue weighted by atomic mass is 35.5. The average molecular weight is 331 g/mol. The van der Waals surface area contributed by atoms with Crippen LogP contribution in [-0.4, -0.2) is 16.7 Å². The summed E-state index contributed by atoms with van der Waals surface area (Å²) < 4.78 is 0. The van der Waals surface area contributed by atoms with Crippen molar-refractivity contribution in [2.24, 2.45) is 0 Å². The number of benzene rings is 2. The molecule has 0 fully saturated rings. The summed E-state index contributed by atoms with van der Waals surface area (Å²) in [4.78, 5) is 25.9. The van der Waals surface area contributed by atoms with E-state index in [1.807, 2.05) is 6.07 Å². The Hall–Kier alpha value is -2.35. The van der Waals surface area contributed by atoms with Crippen molar-refractivity contribution in [2.45, 2.75) is 6.54 Å². The summed E-state index contributed by atoms with van der Waals surface area (Å²) >= 11 is 11.8. The van der Waals surface area contributed by atoms with Gasteiger partial charge >= 0.3 is 0 Å². The third-order valence-electron chi connectivity index (χ3n) is 3.41. The molecule has 0 radical (unpaired) electrons. The van der Waals surface area contributed by atoms with Gasteiger partial charge in [-0.15, -0.1) is 0 Å². The van der Waals surface area contributed by atoms with Gasteiger partial charge in [-0.25, -0.2) is 0 Å². The summed E-state index contributed by atoms with van der Waals surface area (Å²) in [7, 11) is 0. The first-order valence-electron chi connectivity index (χ1n) is 6.35. The van der Waals surface area contributed by atoms with E-state index in [9.17, 15) is 9.59 Å². The molecule has 0 spiro atoms. The lowest BCUT2D eigenvalue weighted by Gasteiger charge is -2.13. The number of imide groups is 1. The first kappa shape index (κ1) is 14.6. The number of carbonyl (C=O) groups excluding carboxylic acids is 2. The maximum Gasteiger partial charge on any atom is 0.261 e. The molecule has 0 atom stereocenters. The van der Waals surface area contributed by atoms with E-state index in [1.54, 1.807) is 24.3 Å². The zero-order valence-corrected chi connectivity index (χ0v) is 12.6. The summed E-state index contributed by atoms with van der Waals surface area (Å²) in [6.45, 7) is 0.0943. The zero-order valence-electron chi connectivity index (χ0n) is 11.1. The highest BCUT2D eigenvalue weighted by molar-refractivity contribution is 6.43. The fourth-order valence-corrected chi connectivity index (χ4v) is 2.68. The van der Waals surface area contributed by atoms with E-state index >= 15 is 0 Å². The Balaban J connectivity index is 1.95. The fraction of sp³-hybridized carbons (Fsp3) is 0.0625. The smallest absolute Gasteiger partial charge is 0.261 e. The van der Waals surface area contributed by atoms with Gasteiger partial charge in [-0.3, -0.25) is 14.5 Å². The van der Waals surface area contributed by atoms with Crippen molar-refractivity contribution >= 4 is 35.0 Å². The number of rotatable bonds is 2. The van der Waals surface area contributed by atoms with Crippen LogP contribution in [0.1, 0.15) is 31.8 Å². The second-order valence-corrected chi connectivity index (χ2v) is 5.63. The van der Waals surface area contributed by atoms with Crippen LogP contribution in [0.3, 0.4) is 0 Å². The van der Waals surface area contributed by atoms with Gasteiger partial charge in [0.2, 0.25) is 0 Å². The van der Waals surface area contributed by atoms with Gasteiger partial charge in [0.25, 0.3) is 11.8 Å². The normalized spacial score (nSPS) is 13.2. The topological polar surface area (TPSA) is 61.2 Å². The molecule has 1 heterocycles. The Kier molecular flexibility index (Phi) is 3.61. The van der Waals surface area contributed by atoms with Gasteiger partial charge in [0.05, 0.1) is 39.3 Å². The molecule has 0 unspecified atom stereocenters. The maximum absolute atomic E-state index is 12.4. The van der Waals surface area contributed by atoms with Crippen LogP contribution in [0, 0.1) is 11.3 Å². The second kappa shape index (κ2) is 5.45. The van der Waals surface area contributed by atoms with Crippen LogP contribution in [-0.2, 0) is 6.54 Å². The van der Waals surface area contributed by atoms with Crippen molar-refractivity contribution in [3.63, 3.8) is 0 Å². The summed E-state index contributed by atoms with van der Waals surface area (Å²) in [5.41, 5.74) is 1.66. The first-order chi connectivity index (χ1) is 10.5. The molecular formula is C16H8Cl2N2O2. The van der Waals surface area contributed by atoms with Crippen molar-refractivity contribution in [1.82, 2.24) is 4.90 Å². The third-order valence-corrected chi connectivity index (χ3v) is 4.13. The molecule has 1 aliphatic heterocycles. The molecule has 2 aromatic rings. The average Bonchev–Trinajstić information content (AvgIpc) is 2.73. The third kappa shape index (κ3) is 2.35. The van der Waals surface area contributed by atoms with Gasteiger partial charge in [0.1, 0.15) is 0 Å². The second-order valence-electron chi connectivity index (χ2n) is 4.82. The standard InChI is InChI=1S/C16H8Cl2N2O2/c17-13-5-11-12(6-14(13)18)16(22)20(15(11)21)8-10-3-1-2-9(4-10)7-19/h1-6H,8H2. The highest BCUT2D eigenvalue weighted by Crippen LogP contribution is 2.32. The molecule has 3 rings (SSSR count). The van der Waals surface area contributed by atoms with Crippen molar-refractivity contribution in [2.75, 3.05) is 0 Å². The molecule has 2 aromatic carbocycles. The minimum absolute atomic E-state index is 0.0943. The van der Waals surface area contributed by atoms with Crippen molar-refractivity contribution in [1.29, 1.82) is 5.26 Å². The van der Waals surface area contributed by atoms with E-state index in [2.05, 4.69) is 0 Å². The fourth-order valence-electron chi connectivity index (χ4n) is 2.35. The van der Waals surface area contributed by atoms with E-state index in [1.165, 1.54) is 12.1 Å². The molecule has 0 saturated carbocycles. The largest absolute Gasteiger partial charge is 0.270 e. The molecule has 0 bridgehead atoms. The number of halogens is 2. The van der Waals surface area contributed by atoms with Crippen LogP contribution in [0.5, 0.6) is 0 Å². The Bertz CT molecular complexity index is 815. The summed E-state index contributed by atoms with van der Waals surface area (Å²) in [5, 5.41) is 9.37. The van der Waals surface area contributed by atoms with Crippen LogP contribution in [0.15, 0.2) is 36.4 Å². The summed E-state index contributed by atoms with van der Waals surface area (Å²) in [6.07, 6.45) is 0. The van der Waals surface area contributed by atoms with Crippen LogP contribution >= 0.6 is 23.2 Å². The molecule has 4 nitrogen and oxygen atoms in total. The number of hydrogen-bond donors (Lipinski definition) is 0. The number of nitrogens with zero attached hydrogens (tertiary/aromatic N) is 2. The quantitative estimate of drug-likeness (QED) is 0.789. The van der Waals surface area contributed by atoms with Gasteiger partial charge in [-0.1, -0.05) is 35.3 Å².